The maximum Gasteiger partial charge on any atom is 0.0576 e. The Bertz CT molecular complexity index is 265. The standard InChI is InChI=1S/C12H18N2/c1-10(11-6-3-2-4-7-11)14-12-8-5-9-13-12/h2-4,6-7,10,12-14H,5,8-9H2,1H3. The third-order valence-corrected chi connectivity index (χ3v) is 2.81. The maximum absolute atomic E-state index is 3.58. The molecule has 14 heavy (non-hydrogen) atoms. The lowest BCUT2D eigenvalue weighted by Crippen LogP contribution is -2.38. The highest BCUT2D eigenvalue weighted by molar-refractivity contribution is 5.18. The fraction of sp³-hybridized carbons (Fsp3) is 0.500. The molecule has 2 atom stereocenters. The Kier molecular flexibility index (Phi) is 3.17. The van der Waals surface area contributed by atoms with E-state index >= 15 is 0 Å². The summed E-state index contributed by atoms with van der Waals surface area (Å²) in [5.41, 5.74) is 1.36. The number of benzene rings is 1. The van der Waals surface area contributed by atoms with Crippen LogP contribution in [0, 0.1) is 0 Å². The van der Waals surface area contributed by atoms with Crippen molar-refractivity contribution in [1.82, 2.24) is 10.6 Å². The second kappa shape index (κ2) is 4.58. The predicted octanol–water partition coefficient (Wildman–Crippen LogP) is 2.05. The van der Waals surface area contributed by atoms with Crippen molar-refractivity contribution in [2.45, 2.75) is 32.0 Å². The van der Waals surface area contributed by atoms with Crippen LogP contribution in [-0.4, -0.2) is 12.7 Å². The molecule has 1 saturated heterocycles. The van der Waals surface area contributed by atoms with Crippen molar-refractivity contribution >= 4 is 0 Å². The molecule has 1 fully saturated rings. The smallest absolute Gasteiger partial charge is 0.0576 e. The number of rotatable bonds is 3. The van der Waals surface area contributed by atoms with Crippen LogP contribution >= 0.6 is 0 Å². The molecule has 2 nitrogen and oxygen atoms in total. The molecule has 1 aromatic rings. The lowest BCUT2D eigenvalue weighted by Gasteiger charge is -2.19. The Morgan fingerprint density at radius 1 is 1.36 bits per heavy atom. The van der Waals surface area contributed by atoms with E-state index in [1.165, 1.54) is 18.4 Å². The molecule has 0 spiro atoms. The Hall–Kier alpha value is -0.860. The van der Waals surface area contributed by atoms with E-state index in [4.69, 9.17) is 0 Å². The minimum absolute atomic E-state index is 0.437. The Balaban J connectivity index is 1.92. The molecule has 76 valence electrons. The maximum atomic E-state index is 3.58. The first-order chi connectivity index (χ1) is 6.86. The van der Waals surface area contributed by atoms with Crippen LogP contribution in [-0.2, 0) is 0 Å². The summed E-state index contributed by atoms with van der Waals surface area (Å²) < 4.78 is 0. The van der Waals surface area contributed by atoms with E-state index in [0.29, 0.717) is 12.2 Å². The van der Waals surface area contributed by atoms with Crippen molar-refractivity contribution < 1.29 is 0 Å². The first-order valence-corrected chi connectivity index (χ1v) is 5.40. The zero-order valence-electron chi connectivity index (χ0n) is 8.66. The van der Waals surface area contributed by atoms with Gasteiger partial charge in [-0.15, -0.1) is 0 Å². The van der Waals surface area contributed by atoms with E-state index < -0.39 is 0 Å². The number of nitrogens with one attached hydrogen (secondary N) is 2. The summed E-state index contributed by atoms with van der Waals surface area (Å²) >= 11 is 0. The van der Waals surface area contributed by atoms with Crippen LogP contribution in [0.25, 0.3) is 0 Å². The van der Waals surface area contributed by atoms with Gasteiger partial charge in [0.15, 0.2) is 0 Å². The van der Waals surface area contributed by atoms with Gasteiger partial charge in [0.2, 0.25) is 0 Å². The van der Waals surface area contributed by atoms with E-state index in [9.17, 15) is 0 Å². The highest BCUT2D eigenvalue weighted by atomic mass is 15.1. The minimum atomic E-state index is 0.437. The van der Waals surface area contributed by atoms with Crippen molar-refractivity contribution in [3.05, 3.63) is 35.9 Å². The van der Waals surface area contributed by atoms with Crippen LogP contribution in [0.1, 0.15) is 31.4 Å². The normalized spacial score (nSPS) is 23.6. The van der Waals surface area contributed by atoms with E-state index in [0.717, 1.165) is 6.54 Å². The average molecular weight is 190 g/mol. The predicted molar refractivity (Wildman–Crippen MR) is 59.0 cm³/mol. The van der Waals surface area contributed by atoms with Gasteiger partial charge in [-0.05, 0) is 31.9 Å². The number of hydrogen-bond donors (Lipinski definition) is 2. The first kappa shape index (κ1) is 9.69. The summed E-state index contributed by atoms with van der Waals surface area (Å²) in [6.07, 6.45) is 3.04. The van der Waals surface area contributed by atoms with Gasteiger partial charge < -0.3 is 5.32 Å². The molecule has 1 heterocycles. The van der Waals surface area contributed by atoms with Crippen molar-refractivity contribution in [2.24, 2.45) is 0 Å². The van der Waals surface area contributed by atoms with Gasteiger partial charge >= 0.3 is 0 Å². The third-order valence-electron chi connectivity index (χ3n) is 2.81. The van der Waals surface area contributed by atoms with Gasteiger partial charge in [0, 0.05) is 6.04 Å². The molecular formula is C12H18N2. The van der Waals surface area contributed by atoms with Gasteiger partial charge in [-0.3, -0.25) is 5.32 Å². The van der Waals surface area contributed by atoms with Gasteiger partial charge in [-0.25, -0.2) is 0 Å². The topological polar surface area (TPSA) is 24.1 Å². The molecule has 1 aliphatic heterocycles. The van der Waals surface area contributed by atoms with E-state index in [1.807, 2.05) is 0 Å². The fourth-order valence-corrected chi connectivity index (χ4v) is 1.97. The van der Waals surface area contributed by atoms with Crippen molar-refractivity contribution in [2.75, 3.05) is 6.54 Å². The summed E-state index contributed by atoms with van der Waals surface area (Å²) in [5.74, 6) is 0. The SMILES string of the molecule is CC(NC1CCCN1)c1ccccc1. The number of hydrogen-bond acceptors (Lipinski definition) is 2. The lowest BCUT2D eigenvalue weighted by atomic mass is 10.1. The monoisotopic (exact) mass is 190 g/mol. The van der Waals surface area contributed by atoms with Crippen LogP contribution in [0.4, 0.5) is 0 Å². The van der Waals surface area contributed by atoms with E-state index in [1.54, 1.807) is 0 Å². The molecule has 2 rings (SSSR count). The largest absolute Gasteiger partial charge is 0.302 e. The Labute approximate surface area is 85.7 Å². The average Bonchev–Trinajstić information content (AvgIpc) is 2.72. The molecule has 0 saturated carbocycles. The molecule has 0 aliphatic carbocycles. The Morgan fingerprint density at radius 3 is 2.79 bits per heavy atom. The zero-order valence-corrected chi connectivity index (χ0v) is 8.66. The summed E-state index contributed by atoms with van der Waals surface area (Å²) in [6.45, 7) is 3.37. The van der Waals surface area contributed by atoms with Crippen LogP contribution in [0.3, 0.4) is 0 Å². The minimum Gasteiger partial charge on any atom is -0.302 e. The third kappa shape index (κ3) is 2.34. The van der Waals surface area contributed by atoms with Gasteiger partial charge in [-0.1, -0.05) is 30.3 Å². The quantitative estimate of drug-likeness (QED) is 0.762. The van der Waals surface area contributed by atoms with Crippen LogP contribution < -0.4 is 10.6 Å². The second-order valence-corrected chi connectivity index (χ2v) is 3.95. The Morgan fingerprint density at radius 2 is 2.14 bits per heavy atom. The molecule has 0 bridgehead atoms. The van der Waals surface area contributed by atoms with Crippen LogP contribution in [0.2, 0.25) is 0 Å². The fourth-order valence-electron chi connectivity index (χ4n) is 1.97. The molecule has 0 amide bonds. The summed E-state index contributed by atoms with van der Waals surface area (Å²) in [6, 6.07) is 11.0. The van der Waals surface area contributed by atoms with Crippen molar-refractivity contribution in [3.8, 4) is 0 Å². The first-order valence-electron chi connectivity index (χ1n) is 5.40. The van der Waals surface area contributed by atoms with Gasteiger partial charge in [0.25, 0.3) is 0 Å². The van der Waals surface area contributed by atoms with Crippen molar-refractivity contribution in [1.29, 1.82) is 0 Å². The zero-order chi connectivity index (χ0) is 9.80. The molecule has 2 heteroatoms. The summed E-state index contributed by atoms with van der Waals surface area (Å²) in [7, 11) is 0. The van der Waals surface area contributed by atoms with Crippen molar-refractivity contribution in [3.63, 3.8) is 0 Å². The van der Waals surface area contributed by atoms with E-state index in [2.05, 4.69) is 47.9 Å². The molecular weight excluding hydrogens is 172 g/mol. The van der Waals surface area contributed by atoms with E-state index in [-0.39, 0.29) is 0 Å². The molecule has 2 unspecified atom stereocenters. The highest BCUT2D eigenvalue weighted by Crippen LogP contribution is 2.13. The molecule has 2 N–H and O–H groups in total. The summed E-state index contributed by atoms with van der Waals surface area (Å²) in [4.78, 5) is 0. The molecule has 0 radical (unpaired) electrons. The van der Waals surface area contributed by atoms with Gasteiger partial charge in [0.05, 0.1) is 6.17 Å². The molecule has 0 aromatic heterocycles. The second-order valence-electron chi connectivity index (χ2n) is 3.95. The highest BCUT2D eigenvalue weighted by Gasteiger charge is 2.16. The van der Waals surface area contributed by atoms with Crippen LogP contribution in [0.5, 0.6) is 0 Å². The van der Waals surface area contributed by atoms with Crippen LogP contribution in [0.15, 0.2) is 30.3 Å². The van der Waals surface area contributed by atoms with Gasteiger partial charge in [0.1, 0.15) is 0 Å². The lowest BCUT2D eigenvalue weighted by molar-refractivity contribution is 0.430. The molecule has 1 aromatic carbocycles. The summed E-state index contributed by atoms with van der Waals surface area (Å²) in [5, 5.41) is 7.03. The van der Waals surface area contributed by atoms with Gasteiger partial charge in [-0.2, -0.15) is 0 Å². The molecule has 1 aliphatic rings.